The molecular formula is C108H98F4N18O8S. The lowest BCUT2D eigenvalue weighted by Gasteiger charge is -2.34. The van der Waals surface area contributed by atoms with Crippen LogP contribution in [0.25, 0.3) is 90.6 Å². The molecule has 10 heterocycles. The van der Waals surface area contributed by atoms with Gasteiger partial charge in [-0.3, -0.25) is 28.8 Å². The number of nitrogens with two attached hydrogens (primary N) is 1. The molecule has 26 nitrogen and oxygen atoms in total. The van der Waals surface area contributed by atoms with Gasteiger partial charge in [0.05, 0.1) is 59.5 Å². The molecule has 4 aliphatic rings. The van der Waals surface area contributed by atoms with Crippen molar-refractivity contribution in [2.24, 2.45) is 0 Å². The van der Waals surface area contributed by atoms with Gasteiger partial charge in [0.1, 0.15) is 97.3 Å². The molecule has 2 saturated heterocycles. The number of hydrogen-bond donors (Lipinski definition) is 1. The summed E-state index contributed by atoms with van der Waals surface area (Å²) in [6.07, 6.45) is 9.67. The van der Waals surface area contributed by atoms with Crippen LogP contribution in [0.2, 0.25) is 0 Å². The molecule has 10 aromatic carbocycles. The van der Waals surface area contributed by atoms with E-state index in [1.807, 2.05) is 123 Å². The third kappa shape index (κ3) is 22.4. The van der Waals surface area contributed by atoms with Crippen molar-refractivity contribution in [3.05, 3.63) is 346 Å². The van der Waals surface area contributed by atoms with E-state index in [0.717, 1.165) is 81.7 Å². The molecule has 702 valence electrons. The van der Waals surface area contributed by atoms with E-state index in [1.54, 1.807) is 137 Å². The molecule has 0 spiro atoms. The van der Waals surface area contributed by atoms with E-state index in [4.69, 9.17) is 35.1 Å². The number of amides is 6. The van der Waals surface area contributed by atoms with E-state index in [2.05, 4.69) is 71.3 Å². The minimum absolute atomic E-state index is 0.0464. The second-order valence-corrected chi connectivity index (χ2v) is 35.4. The van der Waals surface area contributed by atoms with Gasteiger partial charge >= 0.3 is 0 Å². The second kappa shape index (κ2) is 42.2. The largest absolute Gasteiger partial charge is 0.497 e. The van der Waals surface area contributed by atoms with Crippen molar-refractivity contribution in [1.82, 2.24) is 67.8 Å². The van der Waals surface area contributed by atoms with E-state index >= 15 is 0 Å². The van der Waals surface area contributed by atoms with E-state index in [0.29, 0.717) is 142 Å². The summed E-state index contributed by atoms with van der Waals surface area (Å²) in [5, 5.41) is 9.77. The number of aromatic nitrogens is 10. The van der Waals surface area contributed by atoms with Crippen LogP contribution in [0.15, 0.2) is 272 Å². The fraction of sp³-hybridized carbons (Fsp3) is 0.213. The predicted molar refractivity (Wildman–Crippen MR) is 524 cm³/mol. The smallest absolute Gasteiger partial charge is 0.246 e. The number of anilines is 3. The maximum absolute atomic E-state index is 13.8. The maximum Gasteiger partial charge on any atom is 0.246 e. The third-order valence-electron chi connectivity index (χ3n) is 24.5. The quantitative estimate of drug-likeness (QED) is 0.0736. The Balaban J connectivity index is 0.000000128. The van der Waals surface area contributed by atoms with Crippen molar-refractivity contribution in [1.29, 1.82) is 5.26 Å². The number of oxazole rings is 1. The molecule has 0 unspecified atom stereocenters. The van der Waals surface area contributed by atoms with Gasteiger partial charge < -0.3 is 62.6 Å². The molecule has 0 aliphatic carbocycles. The van der Waals surface area contributed by atoms with Crippen molar-refractivity contribution in [3.8, 4) is 102 Å². The monoisotopic (exact) mass is 1880 g/mol. The summed E-state index contributed by atoms with van der Waals surface area (Å²) >= 11 is 1.54. The van der Waals surface area contributed by atoms with E-state index in [-0.39, 0.29) is 92.2 Å². The fourth-order valence-corrected chi connectivity index (χ4v) is 18.1. The zero-order valence-electron chi connectivity index (χ0n) is 77.3. The Labute approximate surface area is 804 Å². The van der Waals surface area contributed by atoms with Crippen LogP contribution in [0.4, 0.5) is 34.1 Å². The molecule has 31 heteroatoms. The Bertz CT molecular complexity index is 7260. The molecular weight excluding hydrogens is 1790 g/mol. The number of nitrogens with zero attached hydrogens (tertiary/aromatic N) is 17. The van der Waals surface area contributed by atoms with E-state index < -0.39 is 5.82 Å². The van der Waals surface area contributed by atoms with E-state index in [1.165, 1.54) is 73.5 Å². The second-order valence-electron chi connectivity index (χ2n) is 34.3. The molecule has 2 N–H and O–H groups in total. The predicted octanol–water partition coefficient (Wildman–Crippen LogP) is 17.8. The number of thiazole rings is 1. The van der Waals surface area contributed by atoms with Crippen LogP contribution < -0.4 is 20.3 Å². The lowest BCUT2D eigenvalue weighted by molar-refractivity contribution is -0.137. The molecule has 4 aliphatic heterocycles. The number of methoxy groups -OCH3 is 1. The molecule has 0 bridgehead atoms. The van der Waals surface area contributed by atoms with Gasteiger partial charge in [-0.05, 0) is 166 Å². The Morgan fingerprint density at radius 3 is 1.23 bits per heavy atom. The number of halogens is 4. The van der Waals surface area contributed by atoms with Gasteiger partial charge in [0, 0.05) is 164 Å². The first-order valence-electron chi connectivity index (χ1n) is 45.4. The highest BCUT2D eigenvalue weighted by atomic mass is 32.1. The zero-order chi connectivity index (χ0) is 97.1. The van der Waals surface area contributed by atoms with Crippen LogP contribution in [0.1, 0.15) is 55.7 Å². The van der Waals surface area contributed by atoms with E-state index in [9.17, 15) is 46.3 Å². The summed E-state index contributed by atoms with van der Waals surface area (Å²) in [6.45, 7) is 13.3. The van der Waals surface area contributed by atoms with Gasteiger partial charge in [0.15, 0.2) is 11.0 Å². The molecule has 0 saturated carbocycles. The number of aryl methyl sites for hydroxylation is 5. The average Bonchev–Trinajstić information content (AvgIpc) is 1.69. The lowest BCUT2D eigenvalue weighted by atomic mass is 10.1. The van der Waals surface area contributed by atoms with Gasteiger partial charge in [-0.15, -0.1) is 11.3 Å². The number of ether oxygens (including phenoxy) is 1. The van der Waals surface area contributed by atoms with Crippen molar-refractivity contribution in [2.75, 3.05) is 81.5 Å². The number of imidazole rings is 4. The molecule has 139 heavy (non-hydrogen) atoms. The van der Waals surface area contributed by atoms with Crippen LogP contribution >= 0.6 is 11.3 Å². The number of rotatable bonds is 19. The Morgan fingerprint density at radius 2 is 0.791 bits per heavy atom. The fourth-order valence-electron chi connectivity index (χ4n) is 17.2. The van der Waals surface area contributed by atoms with Crippen LogP contribution in [0.5, 0.6) is 5.75 Å². The summed E-state index contributed by atoms with van der Waals surface area (Å²) in [4.78, 5) is 118. The van der Waals surface area contributed by atoms with Crippen molar-refractivity contribution >= 4 is 63.3 Å². The van der Waals surface area contributed by atoms with Crippen molar-refractivity contribution < 1.29 is 55.5 Å². The molecule has 2 fully saturated rings. The Kier molecular flexibility index (Phi) is 28.6. The van der Waals surface area contributed by atoms with Gasteiger partial charge in [-0.25, -0.2) is 47.5 Å². The normalized spacial score (nSPS) is 13.5. The molecule has 0 radical (unpaired) electrons. The Morgan fingerprint density at radius 1 is 0.403 bits per heavy atom. The van der Waals surface area contributed by atoms with Crippen LogP contribution in [-0.4, -0.2) is 169 Å². The van der Waals surface area contributed by atoms with Crippen LogP contribution in [-0.2, 0) is 80.8 Å². The summed E-state index contributed by atoms with van der Waals surface area (Å²) < 4.78 is 73.0. The first-order valence-corrected chi connectivity index (χ1v) is 46.2. The number of carbonyl (C=O) groups excluding carboxylic acids is 6. The number of benzene rings is 10. The highest BCUT2D eigenvalue weighted by Crippen LogP contribution is 2.35. The van der Waals surface area contributed by atoms with Crippen LogP contribution in [0.3, 0.4) is 0 Å². The summed E-state index contributed by atoms with van der Waals surface area (Å²) in [5.74, 6) is 2.38. The summed E-state index contributed by atoms with van der Waals surface area (Å²) in [5.41, 5.74) is 22.5. The first-order chi connectivity index (χ1) is 67.3. The first kappa shape index (κ1) is 94.3. The highest BCUT2D eigenvalue weighted by molar-refractivity contribution is 7.15. The third-order valence-corrected chi connectivity index (χ3v) is 25.5. The maximum atomic E-state index is 13.8. The molecule has 6 aromatic heterocycles. The lowest BCUT2D eigenvalue weighted by Crippen LogP contribution is -2.53. The molecule has 6 amide bonds. The minimum Gasteiger partial charge on any atom is -0.497 e. The average molecular weight is 1880 g/mol. The van der Waals surface area contributed by atoms with Gasteiger partial charge in [-0.2, -0.15) is 5.26 Å². The molecule has 16 aromatic rings. The molecule has 20 rings (SSSR count). The molecule has 0 atom stereocenters. The van der Waals surface area contributed by atoms with Gasteiger partial charge in [0.25, 0.3) is 0 Å². The van der Waals surface area contributed by atoms with Crippen LogP contribution in [0, 0.1) is 69.2 Å². The topological polar surface area (TPSA) is 291 Å². The van der Waals surface area contributed by atoms with Crippen molar-refractivity contribution in [3.63, 3.8) is 0 Å². The standard InChI is InChI=1S/C29H23F2N5O2.C29H26F2N4O3.C25H25N5OS.C25H24N4O2/c1-19-13-22(7-10-25(19)31)26-16-35(29(33-26)21-5-8-23(30)9-6-21)17-27(37)34-11-12-36(28(38)18-34)24-4-2-3-20(14-24)15-32;1-19-14-21(8-11-25(19)31)26-16-34(29(32-26)20-6-9-22(30)10-7-20)17-27(36)33-12-13-35(28(37)18-33)23-4-3-5-24(15-23)38-2;1-17-6-5-9-19(14-17)21-15-30(24(27-21)18-7-3-2-4-8-18)16-23(31)29-12-10-20-22(11-13-29)32-25(26)28-20;1-17-7-6-10-20(13-17)22-14-29(25(27-22)19-8-4-3-5-9-19)16-24(30)28-12-11-21-23(15-28)31-18(2)26-21/h2-10,13-14,16H,11-12,17-18H2,1H3;3-11,14-16H,12-13,17-18H2,1-2H3;2-9,14-15H,10-13,16H2,1H3,(H2,26,28);3-10,13-14H,11-12,15-16H2,1-2H3. The number of nitrogen functional groups attached to an aromatic ring is 1. The zero-order valence-corrected chi connectivity index (χ0v) is 78.1. The summed E-state index contributed by atoms with van der Waals surface area (Å²) in [7, 11) is 1.57. The number of hydrogen-bond acceptors (Lipinski definition) is 17. The minimum atomic E-state index is -0.394. The van der Waals surface area contributed by atoms with Gasteiger partial charge in [-0.1, -0.05) is 120 Å². The highest BCUT2D eigenvalue weighted by Gasteiger charge is 2.34. The summed E-state index contributed by atoms with van der Waals surface area (Å²) in [6, 6.07) is 73.7. The number of piperazine rings is 2. The Hall–Kier alpha value is -16.5. The SMILES string of the molecule is COc1cccc(N2CCN(C(=O)Cn3cc(-c4ccc(F)c(C)c4)nc3-c3ccc(F)cc3)CC2=O)c1.Cc1cc(-c2cn(CC(=O)N3CCN(c4cccc(C#N)c4)C(=O)C3)c(-c3ccc(F)cc3)n2)ccc1F.Cc1cccc(-c2cn(CC(=O)N3CCc4nc(C)oc4C3)c(-c3ccccc3)n2)c1.Cc1cccc(-c2cn(CC(=O)N3CCc4nc(N)sc4CC3)c(-c3ccccc3)n2)c1. The van der Waals surface area contributed by atoms with Crippen molar-refractivity contribution in [2.45, 2.75) is 86.6 Å². The number of nitriles is 1. The number of carbonyl (C=O) groups is 6. The van der Waals surface area contributed by atoms with Gasteiger partial charge in [0.2, 0.25) is 35.4 Å². The number of fused-ring (bicyclic) bond motifs is 2.